The van der Waals surface area contributed by atoms with Gasteiger partial charge < -0.3 is 16.8 Å². The van der Waals surface area contributed by atoms with Crippen LogP contribution in [-0.4, -0.2) is 17.9 Å². The molecule has 2 amide bonds. The quantitative estimate of drug-likeness (QED) is 0.739. The number of carbonyl (C=O) groups excluding carboxylic acids is 2. The zero-order chi connectivity index (χ0) is 15.3. The Morgan fingerprint density at radius 1 is 1.35 bits per heavy atom. The minimum absolute atomic E-state index is 0.00308. The van der Waals surface area contributed by atoms with Crippen LogP contribution in [0.25, 0.3) is 0 Å². The fourth-order valence-corrected chi connectivity index (χ4v) is 1.95. The zero-order valence-electron chi connectivity index (χ0n) is 11.6. The average molecular weight is 298 g/mol. The second kappa shape index (κ2) is 7.26. The van der Waals surface area contributed by atoms with E-state index in [1.807, 2.05) is 13.8 Å². The van der Waals surface area contributed by atoms with E-state index in [4.69, 9.17) is 23.1 Å². The van der Waals surface area contributed by atoms with Crippen molar-refractivity contribution >= 4 is 23.4 Å². The molecule has 110 valence electrons. The van der Waals surface area contributed by atoms with E-state index >= 15 is 0 Å². The summed E-state index contributed by atoms with van der Waals surface area (Å²) in [4.78, 5) is 23.2. The van der Waals surface area contributed by atoms with E-state index in [9.17, 15) is 9.59 Å². The molecule has 1 aromatic carbocycles. The summed E-state index contributed by atoms with van der Waals surface area (Å²) in [6, 6.07) is 5.78. The Kier molecular flexibility index (Phi) is 5.98. The van der Waals surface area contributed by atoms with E-state index in [0.29, 0.717) is 5.02 Å². The molecule has 0 aromatic heterocycles. The maximum atomic E-state index is 12.0. The first kappa shape index (κ1) is 16.5. The first-order valence-corrected chi connectivity index (χ1v) is 6.78. The standard InChI is InChI=1S/C14H20ClN3O2/c1-8(2)13(17)14(20)18-11(7-12(16)19)9-4-3-5-10(15)6-9/h3-6,8,11,13H,7,17H2,1-2H3,(H2,16,19)(H,18,20)/t11-,13+/m1/s1. The Bertz CT molecular complexity index is 491. The molecule has 5 N–H and O–H groups in total. The van der Waals surface area contributed by atoms with E-state index in [1.165, 1.54) is 0 Å². The predicted molar refractivity (Wildman–Crippen MR) is 79.0 cm³/mol. The summed E-state index contributed by atoms with van der Waals surface area (Å²) in [6.45, 7) is 3.71. The zero-order valence-corrected chi connectivity index (χ0v) is 12.4. The molecule has 0 saturated carbocycles. The van der Waals surface area contributed by atoms with Crippen LogP contribution in [0.4, 0.5) is 0 Å². The lowest BCUT2D eigenvalue weighted by atomic mass is 10.0. The van der Waals surface area contributed by atoms with Crippen LogP contribution in [0.3, 0.4) is 0 Å². The van der Waals surface area contributed by atoms with Gasteiger partial charge in [-0.3, -0.25) is 9.59 Å². The minimum atomic E-state index is -0.635. The van der Waals surface area contributed by atoms with Crippen molar-refractivity contribution in [2.75, 3.05) is 0 Å². The molecular formula is C14H20ClN3O2. The third kappa shape index (κ3) is 4.83. The molecule has 0 bridgehead atoms. The van der Waals surface area contributed by atoms with Gasteiger partial charge in [-0.15, -0.1) is 0 Å². The second-order valence-electron chi connectivity index (χ2n) is 5.06. The van der Waals surface area contributed by atoms with Crippen molar-refractivity contribution in [3.8, 4) is 0 Å². The molecule has 1 rings (SSSR count). The van der Waals surface area contributed by atoms with E-state index in [1.54, 1.807) is 24.3 Å². The number of nitrogens with two attached hydrogens (primary N) is 2. The number of hydrogen-bond donors (Lipinski definition) is 3. The van der Waals surface area contributed by atoms with Gasteiger partial charge in [0.05, 0.1) is 18.5 Å². The molecule has 0 aliphatic carbocycles. The Morgan fingerprint density at radius 2 is 2.00 bits per heavy atom. The SMILES string of the molecule is CC(C)[C@H](N)C(=O)N[C@H](CC(N)=O)c1cccc(Cl)c1. The molecule has 0 saturated heterocycles. The maximum Gasteiger partial charge on any atom is 0.237 e. The van der Waals surface area contributed by atoms with Crippen LogP contribution in [0.15, 0.2) is 24.3 Å². The highest BCUT2D eigenvalue weighted by Gasteiger charge is 2.22. The van der Waals surface area contributed by atoms with Crippen LogP contribution < -0.4 is 16.8 Å². The van der Waals surface area contributed by atoms with Crippen molar-refractivity contribution in [3.05, 3.63) is 34.9 Å². The molecule has 0 aliphatic rings. The molecule has 0 fully saturated rings. The number of carbonyl (C=O) groups is 2. The summed E-state index contributed by atoms with van der Waals surface area (Å²) in [5, 5.41) is 3.28. The third-order valence-corrected chi connectivity index (χ3v) is 3.23. The van der Waals surface area contributed by atoms with Crippen molar-refractivity contribution in [1.82, 2.24) is 5.32 Å². The largest absolute Gasteiger partial charge is 0.370 e. The highest BCUT2D eigenvalue weighted by molar-refractivity contribution is 6.30. The van der Waals surface area contributed by atoms with Gasteiger partial charge in [-0.1, -0.05) is 37.6 Å². The molecule has 0 heterocycles. The van der Waals surface area contributed by atoms with Gasteiger partial charge in [-0.25, -0.2) is 0 Å². The van der Waals surface area contributed by atoms with Gasteiger partial charge >= 0.3 is 0 Å². The van der Waals surface area contributed by atoms with E-state index in [0.717, 1.165) is 5.56 Å². The lowest BCUT2D eigenvalue weighted by Crippen LogP contribution is -2.45. The van der Waals surface area contributed by atoms with Gasteiger partial charge in [0.25, 0.3) is 0 Å². The first-order valence-electron chi connectivity index (χ1n) is 6.41. The van der Waals surface area contributed by atoms with Crippen molar-refractivity contribution in [3.63, 3.8) is 0 Å². The number of rotatable bonds is 6. The van der Waals surface area contributed by atoms with E-state index in [2.05, 4.69) is 5.32 Å². The van der Waals surface area contributed by atoms with E-state index in [-0.39, 0.29) is 18.2 Å². The van der Waals surface area contributed by atoms with Crippen LogP contribution in [0.1, 0.15) is 31.9 Å². The van der Waals surface area contributed by atoms with Gasteiger partial charge in [-0.05, 0) is 23.6 Å². The molecule has 5 nitrogen and oxygen atoms in total. The maximum absolute atomic E-state index is 12.0. The van der Waals surface area contributed by atoms with Crippen LogP contribution in [0.2, 0.25) is 5.02 Å². The summed E-state index contributed by atoms with van der Waals surface area (Å²) in [7, 11) is 0. The smallest absolute Gasteiger partial charge is 0.237 e. The molecule has 2 atom stereocenters. The number of amides is 2. The molecule has 20 heavy (non-hydrogen) atoms. The topological polar surface area (TPSA) is 98.2 Å². The highest BCUT2D eigenvalue weighted by atomic mass is 35.5. The molecule has 0 aliphatic heterocycles. The van der Waals surface area contributed by atoms with Gasteiger partial charge in [-0.2, -0.15) is 0 Å². The first-order chi connectivity index (χ1) is 9.31. The van der Waals surface area contributed by atoms with Crippen molar-refractivity contribution < 1.29 is 9.59 Å². The lowest BCUT2D eigenvalue weighted by Gasteiger charge is -2.22. The highest BCUT2D eigenvalue weighted by Crippen LogP contribution is 2.20. The minimum Gasteiger partial charge on any atom is -0.370 e. The molecule has 0 radical (unpaired) electrons. The van der Waals surface area contributed by atoms with Crippen molar-refractivity contribution in [2.24, 2.45) is 17.4 Å². The summed E-state index contributed by atoms with van der Waals surface area (Å²) in [6.07, 6.45) is -0.00308. The molecule has 0 spiro atoms. The molecule has 0 unspecified atom stereocenters. The number of primary amides is 1. The Morgan fingerprint density at radius 3 is 2.50 bits per heavy atom. The van der Waals surface area contributed by atoms with Gasteiger partial charge in [0, 0.05) is 5.02 Å². The van der Waals surface area contributed by atoms with Gasteiger partial charge in [0.1, 0.15) is 0 Å². The van der Waals surface area contributed by atoms with Crippen LogP contribution in [-0.2, 0) is 9.59 Å². The Hall–Kier alpha value is -1.59. The number of benzene rings is 1. The number of halogens is 1. The Labute approximate surface area is 123 Å². The normalized spacial score (nSPS) is 13.8. The monoisotopic (exact) mass is 297 g/mol. The molecule has 1 aromatic rings. The van der Waals surface area contributed by atoms with Gasteiger partial charge in [0.2, 0.25) is 11.8 Å². The third-order valence-electron chi connectivity index (χ3n) is 2.99. The van der Waals surface area contributed by atoms with Crippen LogP contribution in [0, 0.1) is 5.92 Å². The van der Waals surface area contributed by atoms with Gasteiger partial charge in [0.15, 0.2) is 0 Å². The molecule has 6 heteroatoms. The van der Waals surface area contributed by atoms with Crippen molar-refractivity contribution in [2.45, 2.75) is 32.4 Å². The summed E-state index contributed by atoms with van der Waals surface area (Å²) in [5.41, 5.74) is 11.7. The average Bonchev–Trinajstić information content (AvgIpc) is 2.36. The number of hydrogen-bond acceptors (Lipinski definition) is 3. The van der Waals surface area contributed by atoms with E-state index < -0.39 is 18.0 Å². The summed E-state index contributed by atoms with van der Waals surface area (Å²) >= 11 is 5.92. The Balaban J connectivity index is 2.90. The van der Waals surface area contributed by atoms with Crippen molar-refractivity contribution in [1.29, 1.82) is 0 Å². The van der Waals surface area contributed by atoms with Crippen LogP contribution >= 0.6 is 11.6 Å². The lowest BCUT2D eigenvalue weighted by molar-refractivity contribution is -0.124. The fraction of sp³-hybridized carbons (Fsp3) is 0.429. The summed E-state index contributed by atoms with van der Waals surface area (Å²) < 4.78 is 0. The predicted octanol–water partition coefficient (Wildman–Crippen LogP) is 1.36. The fourth-order valence-electron chi connectivity index (χ4n) is 1.75. The van der Waals surface area contributed by atoms with Crippen LogP contribution in [0.5, 0.6) is 0 Å². The number of nitrogens with one attached hydrogen (secondary N) is 1. The summed E-state index contributed by atoms with van der Waals surface area (Å²) in [5.74, 6) is -0.816. The molecular weight excluding hydrogens is 278 g/mol. The second-order valence-corrected chi connectivity index (χ2v) is 5.49.